The highest BCUT2D eigenvalue weighted by Gasteiger charge is 2.07. The molecule has 0 fully saturated rings. The Balaban J connectivity index is 1.63. The maximum Gasteiger partial charge on any atom is 0.320 e. The largest absolute Gasteiger partial charge is 0.507 e. The van der Waals surface area contributed by atoms with Gasteiger partial charge in [-0.05, 0) is 30.5 Å². The van der Waals surface area contributed by atoms with Crippen molar-refractivity contribution >= 4 is 45.3 Å². The second-order valence-corrected chi connectivity index (χ2v) is 6.12. The zero-order valence-electron chi connectivity index (χ0n) is 15.1. The Labute approximate surface area is 160 Å². The average molecular weight is 374 g/mol. The van der Waals surface area contributed by atoms with E-state index in [0.717, 1.165) is 10.8 Å². The highest BCUT2D eigenvalue weighted by molar-refractivity contribution is 5.92. The molecule has 140 valence electrons. The number of rotatable bonds is 4. The summed E-state index contributed by atoms with van der Waals surface area (Å²) in [4.78, 5) is 24.8. The summed E-state index contributed by atoms with van der Waals surface area (Å²) in [6.07, 6.45) is 1.59. The van der Waals surface area contributed by atoms with Crippen molar-refractivity contribution < 1.29 is 9.90 Å². The van der Waals surface area contributed by atoms with Crippen LogP contribution in [0.5, 0.6) is 5.75 Å². The summed E-state index contributed by atoms with van der Waals surface area (Å²) in [5.74, 6) is 1.04. The van der Waals surface area contributed by atoms with E-state index < -0.39 is 0 Å². The molecule has 0 bridgehead atoms. The molecule has 4 rings (SSSR count). The summed E-state index contributed by atoms with van der Waals surface area (Å²) in [7, 11) is 0. The molecule has 0 atom stereocenters. The van der Waals surface area contributed by atoms with Gasteiger partial charge in [-0.15, -0.1) is 0 Å². The van der Waals surface area contributed by atoms with Gasteiger partial charge in [-0.25, -0.2) is 19.7 Å². The molecule has 4 aromatic rings. The topological polar surface area (TPSA) is 112 Å². The van der Waals surface area contributed by atoms with Crippen molar-refractivity contribution in [1.82, 2.24) is 20.3 Å². The molecule has 28 heavy (non-hydrogen) atoms. The second-order valence-electron chi connectivity index (χ2n) is 6.12. The van der Waals surface area contributed by atoms with Crippen molar-refractivity contribution in [2.24, 2.45) is 0 Å². The van der Waals surface area contributed by atoms with Crippen LogP contribution in [0.1, 0.15) is 6.92 Å². The van der Waals surface area contributed by atoms with Crippen molar-refractivity contribution in [3.8, 4) is 5.75 Å². The Morgan fingerprint density at radius 3 is 2.75 bits per heavy atom. The number of carbonyl (C=O) groups is 1. The molecule has 0 aliphatic carbocycles. The predicted molar refractivity (Wildman–Crippen MR) is 109 cm³/mol. The Bertz CT molecular complexity index is 1180. The summed E-state index contributed by atoms with van der Waals surface area (Å²) in [6.45, 7) is 2.35. The lowest BCUT2D eigenvalue weighted by atomic mass is 10.1. The minimum atomic E-state index is -0.330. The van der Waals surface area contributed by atoms with E-state index in [-0.39, 0.29) is 11.8 Å². The molecule has 0 spiro atoms. The van der Waals surface area contributed by atoms with Crippen LogP contribution in [-0.4, -0.2) is 32.6 Å². The van der Waals surface area contributed by atoms with Crippen LogP contribution >= 0.6 is 0 Å². The van der Waals surface area contributed by atoms with Gasteiger partial charge in [-0.2, -0.15) is 0 Å². The molecule has 0 radical (unpaired) electrons. The first-order valence-corrected chi connectivity index (χ1v) is 8.80. The first-order chi connectivity index (χ1) is 13.6. The molecule has 0 aliphatic rings. The number of benzene rings is 2. The minimum Gasteiger partial charge on any atom is -0.507 e. The van der Waals surface area contributed by atoms with Gasteiger partial charge in [0, 0.05) is 23.7 Å². The number of anilines is 3. The number of carbonyl (C=O) groups excluding carboxylic acids is 1. The second kappa shape index (κ2) is 7.36. The SMILES string of the molecule is CCNC(=O)Nc1ccc2ncc(Nc3cc(O)c4ccccc4c3)nc2n1. The van der Waals surface area contributed by atoms with Crippen molar-refractivity contribution in [2.75, 3.05) is 17.2 Å². The summed E-state index contributed by atoms with van der Waals surface area (Å²) in [6, 6.07) is 14.2. The molecule has 2 aromatic heterocycles. The number of aromatic hydroxyl groups is 1. The number of amides is 2. The highest BCUT2D eigenvalue weighted by atomic mass is 16.3. The molecule has 4 N–H and O–H groups in total. The van der Waals surface area contributed by atoms with Crippen molar-refractivity contribution in [3.63, 3.8) is 0 Å². The molecule has 2 heterocycles. The van der Waals surface area contributed by atoms with Gasteiger partial charge < -0.3 is 15.7 Å². The third-order valence-electron chi connectivity index (χ3n) is 4.10. The van der Waals surface area contributed by atoms with E-state index in [1.807, 2.05) is 37.3 Å². The fourth-order valence-electron chi connectivity index (χ4n) is 2.86. The zero-order valence-corrected chi connectivity index (χ0v) is 15.1. The van der Waals surface area contributed by atoms with E-state index in [1.54, 1.807) is 24.4 Å². The number of phenolic OH excluding ortho intramolecular Hbond substituents is 1. The number of urea groups is 1. The maximum absolute atomic E-state index is 11.7. The van der Waals surface area contributed by atoms with Crippen molar-refractivity contribution in [3.05, 3.63) is 54.7 Å². The van der Waals surface area contributed by atoms with E-state index in [9.17, 15) is 9.90 Å². The van der Waals surface area contributed by atoms with Gasteiger partial charge in [0.05, 0.1) is 6.20 Å². The first kappa shape index (κ1) is 17.5. The molecule has 0 saturated carbocycles. The standard InChI is InChI=1S/C20H18N6O2/c1-2-21-20(28)26-17-8-7-15-19(24-17)25-18(11-22-15)23-13-9-12-5-3-4-6-14(12)16(27)10-13/h3-11,27H,2H2,1H3,(H3,21,23,24,25,26,28). The zero-order chi connectivity index (χ0) is 19.5. The van der Waals surface area contributed by atoms with E-state index in [2.05, 4.69) is 30.9 Å². The first-order valence-electron chi connectivity index (χ1n) is 8.80. The molecule has 0 aliphatic heterocycles. The van der Waals surface area contributed by atoms with Gasteiger partial charge in [0.25, 0.3) is 0 Å². The van der Waals surface area contributed by atoms with Crippen LogP contribution in [-0.2, 0) is 0 Å². The average Bonchev–Trinajstić information content (AvgIpc) is 2.68. The van der Waals surface area contributed by atoms with Crippen LogP contribution in [0.3, 0.4) is 0 Å². The molecule has 0 saturated heterocycles. The summed E-state index contributed by atoms with van der Waals surface area (Å²) in [5.41, 5.74) is 1.68. The van der Waals surface area contributed by atoms with E-state index in [4.69, 9.17) is 0 Å². The van der Waals surface area contributed by atoms with Crippen molar-refractivity contribution in [2.45, 2.75) is 6.92 Å². The number of pyridine rings is 1. The molecular formula is C20H18N6O2. The number of phenols is 1. The predicted octanol–water partition coefficient (Wildman–Crippen LogP) is 3.77. The number of hydrogen-bond donors (Lipinski definition) is 4. The molecule has 2 amide bonds. The lowest BCUT2D eigenvalue weighted by Gasteiger charge is -2.09. The molecule has 8 heteroatoms. The number of hydrogen-bond acceptors (Lipinski definition) is 6. The molecule has 0 unspecified atom stereocenters. The summed E-state index contributed by atoms with van der Waals surface area (Å²) < 4.78 is 0. The Morgan fingerprint density at radius 2 is 1.89 bits per heavy atom. The number of nitrogens with one attached hydrogen (secondary N) is 3. The van der Waals surface area contributed by atoms with Crippen LogP contribution in [0.4, 0.5) is 22.1 Å². The number of aromatic nitrogens is 3. The van der Waals surface area contributed by atoms with E-state index in [1.165, 1.54) is 0 Å². The maximum atomic E-state index is 11.7. The van der Waals surface area contributed by atoms with Gasteiger partial charge >= 0.3 is 6.03 Å². The van der Waals surface area contributed by atoms with Gasteiger partial charge in [0.1, 0.15) is 17.1 Å². The third-order valence-corrected chi connectivity index (χ3v) is 4.10. The lowest BCUT2D eigenvalue weighted by Crippen LogP contribution is -2.28. The normalized spacial score (nSPS) is 10.8. The molecule has 2 aromatic carbocycles. The van der Waals surface area contributed by atoms with Crippen LogP contribution < -0.4 is 16.0 Å². The smallest absolute Gasteiger partial charge is 0.320 e. The Morgan fingerprint density at radius 1 is 1.07 bits per heavy atom. The van der Waals surface area contributed by atoms with Gasteiger partial charge in [-0.3, -0.25) is 5.32 Å². The van der Waals surface area contributed by atoms with Gasteiger partial charge in [0.15, 0.2) is 11.5 Å². The van der Waals surface area contributed by atoms with E-state index >= 15 is 0 Å². The van der Waals surface area contributed by atoms with Crippen LogP contribution in [0, 0.1) is 0 Å². The minimum absolute atomic E-state index is 0.181. The van der Waals surface area contributed by atoms with Crippen molar-refractivity contribution in [1.29, 1.82) is 0 Å². The van der Waals surface area contributed by atoms with E-state index in [0.29, 0.717) is 35.0 Å². The molecular weight excluding hydrogens is 356 g/mol. The lowest BCUT2D eigenvalue weighted by molar-refractivity contribution is 0.252. The quantitative estimate of drug-likeness (QED) is 0.433. The highest BCUT2D eigenvalue weighted by Crippen LogP contribution is 2.30. The van der Waals surface area contributed by atoms with Crippen LogP contribution in [0.2, 0.25) is 0 Å². The van der Waals surface area contributed by atoms with Crippen LogP contribution in [0.25, 0.3) is 21.9 Å². The fourth-order valence-corrected chi connectivity index (χ4v) is 2.86. The Kier molecular flexibility index (Phi) is 4.59. The summed E-state index contributed by atoms with van der Waals surface area (Å²) >= 11 is 0. The Hall–Kier alpha value is -3.94. The van der Waals surface area contributed by atoms with Gasteiger partial charge in [-0.1, -0.05) is 24.3 Å². The summed E-state index contributed by atoms with van der Waals surface area (Å²) in [5, 5.41) is 20.3. The van der Waals surface area contributed by atoms with Crippen LogP contribution in [0.15, 0.2) is 54.7 Å². The fraction of sp³-hybridized carbons (Fsp3) is 0.100. The van der Waals surface area contributed by atoms with Gasteiger partial charge in [0.2, 0.25) is 0 Å². The molecule has 8 nitrogen and oxygen atoms in total. The number of nitrogens with zero attached hydrogens (tertiary/aromatic N) is 3. The monoisotopic (exact) mass is 374 g/mol. The number of fused-ring (bicyclic) bond motifs is 2. The third kappa shape index (κ3) is 3.61.